The second-order valence-electron chi connectivity index (χ2n) is 6.21. The first-order valence-corrected chi connectivity index (χ1v) is 8.67. The lowest BCUT2D eigenvalue weighted by Gasteiger charge is -2.23. The molecule has 118 valence electrons. The van der Waals surface area contributed by atoms with E-state index in [4.69, 9.17) is 4.99 Å². The Hall–Kier alpha value is -2.07. The van der Waals surface area contributed by atoms with Crippen LogP contribution in [0.15, 0.2) is 65.7 Å². The summed E-state index contributed by atoms with van der Waals surface area (Å²) in [6.07, 6.45) is 0. The number of amidine groups is 1. The summed E-state index contributed by atoms with van der Waals surface area (Å²) in [6, 6.07) is 19.4. The molecule has 23 heavy (non-hydrogen) atoms. The monoisotopic (exact) mass is 324 g/mol. The van der Waals surface area contributed by atoms with E-state index in [1.165, 1.54) is 0 Å². The third-order valence-corrected chi connectivity index (χ3v) is 5.07. The number of carbonyl (C=O) groups is 1. The SMILES string of the molecule is CC1(C)CSC(N(CC(=O)c2ccccc2)c2ccccc2)=N1. The highest BCUT2D eigenvalue weighted by Crippen LogP contribution is 2.31. The van der Waals surface area contributed by atoms with E-state index >= 15 is 0 Å². The highest BCUT2D eigenvalue weighted by Gasteiger charge is 2.30. The maximum atomic E-state index is 12.6. The number of aliphatic imine (C=N–C) groups is 1. The molecule has 0 amide bonds. The van der Waals surface area contributed by atoms with Crippen molar-refractivity contribution in [1.29, 1.82) is 0 Å². The van der Waals surface area contributed by atoms with Gasteiger partial charge in [-0.25, -0.2) is 0 Å². The van der Waals surface area contributed by atoms with Gasteiger partial charge >= 0.3 is 0 Å². The predicted octanol–water partition coefficient (Wildman–Crippen LogP) is 4.26. The summed E-state index contributed by atoms with van der Waals surface area (Å²) in [6.45, 7) is 4.54. The third-order valence-electron chi connectivity index (χ3n) is 3.65. The Labute approximate surface area is 141 Å². The fourth-order valence-electron chi connectivity index (χ4n) is 2.44. The minimum atomic E-state index is -0.0805. The molecule has 3 rings (SSSR count). The van der Waals surface area contributed by atoms with Crippen molar-refractivity contribution in [2.75, 3.05) is 17.2 Å². The van der Waals surface area contributed by atoms with Crippen molar-refractivity contribution < 1.29 is 4.79 Å². The Morgan fingerprint density at radius 2 is 1.70 bits per heavy atom. The summed E-state index contributed by atoms with van der Waals surface area (Å²) in [7, 11) is 0. The number of nitrogens with zero attached hydrogens (tertiary/aromatic N) is 2. The van der Waals surface area contributed by atoms with Gasteiger partial charge in [-0.3, -0.25) is 9.79 Å². The van der Waals surface area contributed by atoms with Crippen molar-refractivity contribution in [3.05, 3.63) is 66.2 Å². The average Bonchev–Trinajstić information content (AvgIpc) is 2.93. The smallest absolute Gasteiger partial charge is 0.182 e. The Morgan fingerprint density at radius 3 is 2.26 bits per heavy atom. The van der Waals surface area contributed by atoms with Crippen molar-refractivity contribution in [1.82, 2.24) is 0 Å². The second-order valence-corrected chi connectivity index (χ2v) is 7.15. The van der Waals surface area contributed by atoms with Crippen LogP contribution >= 0.6 is 11.8 Å². The summed E-state index contributed by atoms with van der Waals surface area (Å²) >= 11 is 1.71. The Balaban J connectivity index is 1.89. The number of carbonyl (C=O) groups excluding carboxylic acids is 1. The number of rotatable bonds is 4. The molecular weight excluding hydrogens is 304 g/mol. The van der Waals surface area contributed by atoms with Gasteiger partial charge in [0.05, 0.1) is 12.1 Å². The summed E-state index contributed by atoms with van der Waals surface area (Å²) in [5.74, 6) is 1.04. The predicted molar refractivity (Wildman–Crippen MR) is 98.5 cm³/mol. The molecule has 2 aromatic rings. The number of hydrogen-bond acceptors (Lipinski definition) is 4. The molecule has 4 heteroatoms. The van der Waals surface area contributed by atoms with Gasteiger partial charge in [-0.2, -0.15) is 0 Å². The Morgan fingerprint density at radius 1 is 1.09 bits per heavy atom. The first-order chi connectivity index (χ1) is 11.1. The van der Waals surface area contributed by atoms with Crippen molar-refractivity contribution >= 4 is 28.4 Å². The minimum absolute atomic E-state index is 0.0805. The maximum absolute atomic E-state index is 12.6. The number of ketones is 1. The molecule has 0 radical (unpaired) electrons. The fraction of sp³-hybridized carbons (Fsp3) is 0.263. The van der Waals surface area contributed by atoms with Crippen LogP contribution in [-0.2, 0) is 0 Å². The number of para-hydroxylation sites is 1. The van der Waals surface area contributed by atoms with Gasteiger partial charge in [-0.1, -0.05) is 60.3 Å². The average molecular weight is 324 g/mol. The van der Waals surface area contributed by atoms with Gasteiger partial charge < -0.3 is 4.90 Å². The molecule has 0 atom stereocenters. The molecule has 1 heterocycles. The van der Waals surface area contributed by atoms with Crippen molar-refractivity contribution in [2.45, 2.75) is 19.4 Å². The summed E-state index contributed by atoms with van der Waals surface area (Å²) in [5, 5.41) is 0.922. The molecule has 0 aromatic heterocycles. The quantitative estimate of drug-likeness (QED) is 0.788. The van der Waals surface area contributed by atoms with Crippen LogP contribution in [0, 0.1) is 0 Å². The number of hydrogen-bond donors (Lipinski definition) is 0. The van der Waals surface area contributed by atoms with E-state index in [0.29, 0.717) is 6.54 Å². The standard InChI is InChI=1S/C19H20N2OS/c1-19(2)14-23-18(20-19)21(16-11-7-4-8-12-16)13-17(22)15-9-5-3-6-10-15/h3-12H,13-14H2,1-2H3. The van der Waals surface area contributed by atoms with Crippen LogP contribution in [0.3, 0.4) is 0 Å². The fourth-order valence-corrected chi connectivity index (χ4v) is 3.62. The van der Waals surface area contributed by atoms with Crippen LogP contribution in [-0.4, -0.2) is 28.8 Å². The van der Waals surface area contributed by atoms with Crippen LogP contribution in [0.4, 0.5) is 5.69 Å². The lowest BCUT2D eigenvalue weighted by atomic mass is 10.1. The molecule has 2 aromatic carbocycles. The van der Waals surface area contributed by atoms with Crippen LogP contribution < -0.4 is 4.90 Å². The van der Waals surface area contributed by atoms with E-state index in [2.05, 4.69) is 13.8 Å². The van der Waals surface area contributed by atoms with E-state index in [9.17, 15) is 4.79 Å². The first-order valence-electron chi connectivity index (χ1n) is 7.69. The van der Waals surface area contributed by atoms with Crippen LogP contribution in [0.2, 0.25) is 0 Å². The highest BCUT2D eigenvalue weighted by atomic mass is 32.2. The first kappa shape index (κ1) is 15.8. The molecule has 1 aliphatic rings. The van der Waals surface area contributed by atoms with Gasteiger partial charge in [0.1, 0.15) is 0 Å². The molecule has 0 unspecified atom stereocenters. The largest absolute Gasteiger partial charge is 0.313 e. The van der Waals surface area contributed by atoms with Gasteiger partial charge in [0.25, 0.3) is 0 Å². The minimum Gasteiger partial charge on any atom is -0.313 e. The maximum Gasteiger partial charge on any atom is 0.182 e. The zero-order valence-corrected chi connectivity index (χ0v) is 14.2. The van der Waals surface area contributed by atoms with Crippen molar-refractivity contribution in [3.8, 4) is 0 Å². The number of anilines is 1. The molecule has 3 nitrogen and oxygen atoms in total. The van der Waals surface area contributed by atoms with Gasteiger partial charge in [0.2, 0.25) is 0 Å². The summed E-state index contributed by atoms with van der Waals surface area (Å²) in [4.78, 5) is 19.5. The molecular formula is C19H20N2OS. The van der Waals surface area contributed by atoms with E-state index in [0.717, 1.165) is 22.2 Å². The van der Waals surface area contributed by atoms with Crippen molar-refractivity contribution in [2.24, 2.45) is 4.99 Å². The van der Waals surface area contributed by atoms with Crippen LogP contribution in [0.1, 0.15) is 24.2 Å². The zero-order valence-electron chi connectivity index (χ0n) is 13.4. The topological polar surface area (TPSA) is 32.7 Å². The third kappa shape index (κ3) is 3.82. The molecule has 0 bridgehead atoms. The molecule has 0 fully saturated rings. The molecule has 0 saturated carbocycles. The second kappa shape index (κ2) is 6.59. The summed E-state index contributed by atoms with van der Waals surface area (Å²) < 4.78 is 0. The highest BCUT2D eigenvalue weighted by molar-refractivity contribution is 8.14. The van der Waals surface area contributed by atoms with Crippen molar-refractivity contribution in [3.63, 3.8) is 0 Å². The van der Waals surface area contributed by atoms with Gasteiger partial charge in [0, 0.05) is 17.0 Å². The lowest BCUT2D eigenvalue weighted by molar-refractivity contribution is 0.100. The van der Waals surface area contributed by atoms with Gasteiger partial charge in [0.15, 0.2) is 11.0 Å². The van der Waals surface area contributed by atoms with E-state index < -0.39 is 0 Å². The lowest BCUT2D eigenvalue weighted by Crippen LogP contribution is -2.33. The molecule has 0 aliphatic carbocycles. The van der Waals surface area contributed by atoms with Gasteiger partial charge in [-0.15, -0.1) is 0 Å². The van der Waals surface area contributed by atoms with Gasteiger partial charge in [-0.05, 0) is 26.0 Å². The zero-order chi connectivity index (χ0) is 16.3. The van der Waals surface area contributed by atoms with Crippen LogP contribution in [0.25, 0.3) is 0 Å². The van der Waals surface area contributed by atoms with E-state index in [1.54, 1.807) is 11.8 Å². The molecule has 0 spiro atoms. The molecule has 1 aliphatic heterocycles. The van der Waals surface area contributed by atoms with E-state index in [-0.39, 0.29) is 11.3 Å². The number of benzene rings is 2. The Bertz CT molecular complexity index is 711. The molecule has 0 N–H and O–H groups in total. The normalized spacial score (nSPS) is 16.0. The van der Waals surface area contributed by atoms with E-state index in [1.807, 2.05) is 65.6 Å². The number of thioether (sulfide) groups is 1. The molecule has 0 saturated heterocycles. The number of Topliss-reactive ketones (excluding diaryl/α,β-unsaturated/α-hetero) is 1. The summed E-state index contributed by atoms with van der Waals surface area (Å²) in [5.41, 5.74) is 1.65. The Kier molecular flexibility index (Phi) is 4.53. The van der Waals surface area contributed by atoms with Crippen LogP contribution in [0.5, 0.6) is 0 Å².